The molecule has 4 rings (SSSR count). The van der Waals surface area contributed by atoms with Crippen LogP contribution in [-0.2, 0) is 6.42 Å². The Kier molecular flexibility index (Phi) is 5.33. The molecule has 0 atom stereocenters. The zero-order valence-electron chi connectivity index (χ0n) is 15.8. The van der Waals surface area contributed by atoms with Crippen molar-refractivity contribution in [1.29, 1.82) is 0 Å². The van der Waals surface area contributed by atoms with Gasteiger partial charge in [-0.25, -0.2) is 0 Å². The van der Waals surface area contributed by atoms with Gasteiger partial charge >= 0.3 is 0 Å². The number of hydrogen-bond donors (Lipinski definition) is 1. The van der Waals surface area contributed by atoms with Crippen molar-refractivity contribution in [2.24, 2.45) is 0 Å². The molecule has 144 valence electrons. The highest BCUT2D eigenvalue weighted by Crippen LogP contribution is 2.20. The standard InChI is InChI=1S/C23H19N3O3/c1-28-20-13-9-17(10-14-20)22(27)24-19-11-7-16(8-12-19)15-21-25-26-23(29-21)18-5-3-2-4-6-18/h2-14H,15H2,1H3,(H,24,27). The van der Waals surface area contributed by atoms with Crippen LogP contribution in [0.25, 0.3) is 11.5 Å². The van der Waals surface area contributed by atoms with E-state index in [4.69, 9.17) is 9.15 Å². The molecule has 0 unspecified atom stereocenters. The van der Waals surface area contributed by atoms with E-state index in [0.717, 1.165) is 11.1 Å². The third-order valence-corrected chi connectivity index (χ3v) is 4.41. The molecule has 1 amide bonds. The number of nitrogens with zero attached hydrogens (tertiary/aromatic N) is 2. The zero-order chi connectivity index (χ0) is 20.1. The highest BCUT2D eigenvalue weighted by Gasteiger charge is 2.10. The van der Waals surface area contributed by atoms with Crippen molar-refractivity contribution < 1.29 is 13.9 Å². The third-order valence-electron chi connectivity index (χ3n) is 4.41. The second-order valence-electron chi connectivity index (χ2n) is 6.42. The van der Waals surface area contributed by atoms with Gasteiger partial charge in [0, 0.05) is 16.8 Å². The molecule has 4 aromatic rings. The second kappa shape index (κ2) is 8.39. The van der Waals surface area contributed by atoms with Crippen LogP contribution in [0.3, 0.4) is 0 Å². The summed E-state index contributed by atoms with van der Waals surface area (Å²) in [4.78, 5) is 12.3. The average molecular weight is 385 g/mol. The van der Waals surface area contributed by atoms with Gasteiger partial charge in [-0.2, -0.15) is 0 Å². The normalized spacial score (nSPS) is 10.5. The average Bonchev–Trinajstić information content (AvgIpc) is 3.24. The first-order valence-corrected chi connectivity index (χ1v) is 9.13. The van der Waals surface area contributed by atoms with Gasteiger partial charge in [0.2, 0.25) is 11.8 Å². The quantitative estimate of drug-likeness (QED) is 0.525. The SMILES string of the molecule is COc1ccc(C(=O)Nc2ccc(Cc3nnc(-c4ccccc4)o3)cc2)cc1. The van der Waals surface area contributed by atoms with Crippen LogP contribution >= 0.6 is 0 Å². The van der Waals surface area contributed by atoms with Crippen LogP contribution in [-0.4, -0.2) is 23.2 Å². The van der Waals surface area contributed by atoms with Crippen LogP contribution in [0.15, 0.2) is 83.3 Å². The van der Waals surface area contributed by atoms with Gasteiger partial charge < -0.3 is 14.5 Å². The first-order valence-electron chi connectivity index (χ1n) is 9.13. The minimum Gasteiger partial charge on any atom is -0.497 e. The molecular formula is C23H19N3O3. The molecule has 0 saturated carbocycles. The fraction of sp³-hybridized carbons (Fsp3) is 0.0870. The van der Waals surface area contributed by atoms with E-state index in [2.05, 4.69) is 15.5 Å². The van der Waals surface area contributed by atoms with Crippen molar-refractivity contribution in [2.75, 3.05) is 12.4 Å². The zero-order valence-corrected chi connectivity index (χ0v) is 15.8. The number of hydrogen-bond acceptors (Lipinski definition) is 5. The number of benzene rings is 3. The van der Waals surface area contributed by atoms with Gasteiger partial charge in [-0.15, -0.1) is 10.2 Å². The van der Waals surface area contributed by atoms with Gasteiger partial charge in [-0.3, -0.25) is 4.79 Å². The summed E-state index contributed by atoms with van der Waals surface area (Å²) in [5.41, 5.74) is 3.18. The van der Waals surface area contributed by atoms with Crippen molar-refractivity contribution in [2.45, 2.75) is 6.42 Å². The molecule has 0 bridgehead atoms. The number of anilines is 1. The number of aromatic nitrogens is 2. The predicted molar refractivity (Wildman–Crippen MR) is 110 cm³/mol. The molecule has 3 aromatic carbocycles. The fourth-order valence-corrected chi connectivity index (χ4v) is 2.85. The predicted octanol–water partition coefficient (Wildman–Crippen LogP) is 4.59. The molecule has 1 heterocycles. The highest BCUT2D eigenvalue weighted by atomic mass is 16.5. The van der Waals surface area contributed by atoms with Gasteiger partial charge in [0.15, 0.2) is 0 Å². The summed E-state index contributed by atoms with van der Waals surface area (Å²) < 4.78 is 10.8. The molecule has 0 aliphatic rings. The Bertz CT molecular complexity index is 1090. The minimum absolute atomic E-state index is 0.176. The van der Waals surface area contributed by atoms with E-state index in [-0.39, 0.29) is 5.91 Å². The van der Waals surface area contributed by atoms with Crippen LogP contribution in [0.5, 0.6) is 5.75 Å². The first-order chi connectivity index (χ1) is 14.2. The lowest BCUT2D eigenvalue weighted by Crippen LogP contribution is -2.11. The van der Waals surface area contributed by atoms with Crippen molar-refractivity contribution in [3.05, 3.63) is 95.9 Å². The van der Waals surface area contributed by atoms with E-state index < -0.39 is 0 Å². The summed E-state index contributed by atoms with van der Waals surface area (Å²) in [6.07, 6.45) is 0.520. The van der Waals surface area contributed by atoms with E-state index in [9.17, 15) is 4.79 Å². The Labute approximate surface area is 168 Å². The molecule has 0 aliphatic heterocycles. The lowest BCUT2D eigenvalue weighted by molar-refractivity contribution is 0.102. The number of nitrogens with one attached hydrogen (secondary N) is 1. The molecule has 1 N–H and O–H groups in total. The van der Waals surface area contributed by atoms with E-state index in [1.165, 1.54) is 0 Å². The molecule has 0 spiro atoms. The summed E-state index contributed by atoms with van der Waals surface area (Å²) in [7, 11) is 1.59. The van der Waals surface area contributed by atoms with Gasteiger partial charge in [-0.05, 0) is 54.1 Å². The monoisotopic (exact) mass is 385 g/mol. The number of carbonyl (C=O) groups is 1. The van der Waals surface area contributed by atoms with Crippen molar-refractivity contribution in [3.8, 4) is 17.2 Å². The fourth-order valence-electron chi connectivity index (χ4n) is 2.85. The second-order valence-corrected chi connectivity index (χ2v) is 6.42. The van der Waals surface area contributed by atoms with E-state index in [1.807, 2.05) is 54.6 Å². The molecule has 6 nitrogen and oxygen atoms in total. The van der Waals surface area contributed by atoms with Crippen molar-refractivity contribution in [3.63, 3.8) is 0 Å². The van der Waals surface area contributed by atoms with E-state index in [0.29, 0.717) is 35.2 Å². The maximum atomic E-state index is 12.3. The molecule has 29 heavy (non-hydrogen) atoms. The smallest absolute Gasteiger partial charge is 0.255 e. The molecule has 0 aliphatic carbocycles. The number of carbonyl (C=O) groups excluding carboxylic acids is 1. The largest absolute Gasteiger partial charge is 0.497 e. The van der Waals surface area contributed by atoms with Crippen molar-refractivity contribution in [1.82, 2.24) is 10.2 Å². The first kappa shape index (κ1) is 18.4. The third kappa shape index (κ3) is 4.50. The van der Waals surface area contributed by atoms with E-state index in [1.54, 1.807) is 31.4 Å². The Morgan fingerprint density at radius 1 is 0.931 bits per heavy atom. The van der Waals surface area contributed by atoms with Gasteiger partial charge in [-0.1, -0.05) is 30.3 Å². The van der Waals surface area contributed by atoms with Crippen LogP contribution in [0.2, 0.25) is 0 Å². The van der Waals surface area contributed by atoms with Gasteiger partial charge in [0.05, 0.1) is 13.5 Å². The summed E-state index contributed by atoms with van der Waals surface area (Å²) >= 11 is 0. The summed E-state index contributed by atoms with van der Waals surface area (Å²) in [6, 6.07) is 24.2. The number of rotatable bonds is 6. The Morgan fingerprint density at radius 3 is 2.34 bits per heavy atom. The van der Waals surface area contributed by atoms with E-state index >= 15 is 0 Å². The Balaban J connectivity index is 1.39. The minimum atomic E-state index is -0.176. The lowest BCUT2D eigenvalue weighted by Gasteiger charge is -2.07. The highest BCUT2D eigenvalue weighted by molar-refractivity contribution is 6.04. The lowest BCUT2D eigenvalue weighted by atomic mass is 10.1. The summed E-state index contributed by atoms with van der Waals surface area (Å²) in [5, 5.41) is 11.1. The topological polar surface area (TPSA) is 77.2 Å². The number of ether oxygens (including phenoxy) is 1. The molecule has 0 fully saturated rings. The van der Waals surface area contributed by atoms with Crippen molar-refractivity contribution >= 4 is 11.6 Å². The van der Waals surface area contributed by atoms with Crippen LogP contribution in [0.4, 0.5) is 5.69 Å². The number of amides is 1. The van der Waals surface area contributed by atoms with Crippen LogP contribution < -0.4 is 10.1 Å². The van der Waals surface area contributed by atoms with Gasteiger partial charge in [0.1, 0.15) is 5.75 Å². The van der Waals surface area contributed by atoms with Crippen LogP contribution in [0, 0.1) is 0 Å². The maximum Gasteiger partial charge on any atom is 0.255 e. The molecule has 6 heteroatoms. The summed E-state index contributed by atoms with van der Waals surface area (Å²) in [6.45, 7) is 0. The Hall–Kier alpha value is -3.93. The summed E-state index contributed by atoms with van der Waals surface area (Å²) in [5.74, 6) is 1.58. The molecule has 0 saturated heterocycles. The number of methoxy groups -OCH3 is 1. The maximum absolute atomic E-state index is 12.3. The molecule has 1 aromatic heterocycles. The van der Waals surface area contributed by atoms with Gasteiger partial charge in [0.25, 0.3) is 5.91 Å². The van der Waals surface area contributed by atoms with Crippen LogP contribution in [0.1, 0.15) is 21.8 Å². The molecule has 0 radical (unpaired) electrons. The molecular weight excluding hydrogens is 366 g/mol. The Morgan fingerprint density at radius 2 is 1.66 bits per heavy atom.